The number of amides is 1. The molecule has 0 aromatic carbocycles. The largest absolute Gasteiger partial charge is 1.00 e. The van der Waals surface area contributed by atoms with Crippen LogP contribution in [0.3, 0.4) is 0 Å². The van der Waals surface area contributed by atoms with Crippen LogP contribution in [-0.4, -0.2) is 97.6 Å². The maximum atomic E-state index is 10.7. The van der Waals surface area contributed by atoms with Crippen LogP contribution in [0, 0.1) is 0 Å². The molecule has 1 heterocycles. The molecule has 13 heteroatoms. The van der Waals surface area contributed by atoms with Gasteiger partial charge >= 0.3 is 37.4 Å². The smallest absolute Gasteiger partial charge is 1.00 e. The van der Waals surface area contributed by atoms with Crippen molar-refractivity contribution >= 4 is 13.7 Å². The summed E-state index contributed by atoms with van der Waals surface area (Å²) in [5, 5.41) is 34.1. The quantitative estimate of drug-likeness (QED) is 0.160. The predicted octanol–water partition coefficient (Wildman–Crippen LogP) is -5.47. The first-order valence-corrected chi connectivity index (χ1v) is 8.83. The summed E-state index contributed by atoms with van der Waals surface area (Å²) >= 11 is 0. The molecule has 1 aliphatic rings. The van der Waals surface area contributed by atoms with E-state index in [1.165, 1.54) is 0 Å². The Hall–Kier alpha value is 0.380. The molecule has 1 aliphatic heterocycles. The number of carbonyl (C=O) groups excluding carboxylic acids is 1. The van der Waals surface area contributed by atoms with Crippen LogP contribution < -0.4 is 29.6 Å². The first kappa shape index (κ1) is 30.1. The van der Waals surface area contributed by atoms with E-state index in [1.54, 1.807) is 0 Å². The molecule has 1 amide bonds. The van der Waals surface area contributed by atoms with Gasteiger partial charge in [0.15, 0.2) is 0 Å². The Morgan fingerprint density at radius 2 is 1.56 bits per heavy atom. The summed E-state index contributed by atoms with van der Waals surface area (Å²) in [5.41, 5.74) is 0. The van der Waals surface area contributed by atoms with Gasteiger partial charge < -0.3 is 46.2 Å². The van der Waals surface area contributed by atoms with Gasteiger partial charge in [-0.1, -0.05) is 0 Å². The molecule has 0 aromatic rings. The summed E-state index contributed by atoms with van der Waals surface area (Å²) in [4.78, 5) is 34.2. The van der Waals surface area contributed by atoms with Crippen molar-refractivity contribution in [3.05, 3.63) is 0 Å². The predicted molar refractivity (Wildman–Crippen MR) is 83.9 cm³/mol. The average Bonchev–Trinajstić information content (AvgIpc) is 2.91. The normalized spacial score (nSPS) is 16.0. The zero-order valence-corrected chi connectivity index (χ0v) is 17.5. The molecule has 1 saturated heterocycles. The van der Waals surface area contributed by atoms with Gasteiger partial charge in [0, 0.05) is 19.5 Å². The second kappa shape index (κ2) is 17.8. The summed E-state index contributed by atoms with van der Waals surface area (Å²) in [6, 6.07) is 0. The van der Waals surface area contributed by atoms with E-state index in [1.807, 2.05) is 11.8 Å². The van der Waals surface area contributed by atoms with Crippen molar-refractivity contribution in [1.29, 1.82) is 0 Å². The van der Waals surface area contributed by atoms with Gasteiger partial charge in [-0.15, -0.1) is 0 Å². The second-order valence-electron chi connectivity index (χ2n) is 4.80. The van der Waals surface area contributed by atoms with Gasteiger partial charge in [-0.05, 0) is 13.3 Å². The first-order chi connectivity index (χ1) is 11.0. The average molecular weight is 401 g/mol. The second-order valence-corrected chi connectivity index (χ2v) is 5.83. The van der Waals surface area contributed by atoms with Gasteiger partial charge in [-0.25, -0.2) is 4.57 Å². The van der Waals surface area contributed by atoms with Crippen LogP contribution in [-0.2, 0) is 14.1 Å². The van der Waals surface area contributed by atoms with Crippen molar-refractivity contribution in [3.8, 4) is 0 Å². The molecule has 0 radical (unpaired) electrons. The summed E-state index contributed by atoms with van der Waals surface area (Å²) in [5.74, 6) is 0.326. The third-order valence-corrected chi connectivity index (χ3v) is 2.60. The van der Waals surface area contributed by atoms with Crippen molar-refractivity contribution in [2.45, 2.75) is 32.0 Å². The van der Waals surface area contributed by atoms with Gasteiger partial charge in [-0.2, -0.15) is 0 Å². The Kier molecular flexibility index (Phi) is 21.4. The molecular formula is C12H29NNaO10P. The number of phosphoric acid groups is 1. The minimum absolute atomic E-state index is 0. The van der Waals surface area contributed by atoms with Gasteiger partial charge in [0.1, 0.15) is 12.2 Å². The molecular weight excluding hydrogens is 372 g/mol. The van der Waals surface area contributed by atoms with Crippen molar-refractivity contribution in [1.82, 2.24) is 4.90 Å². The molecule has 0 aliphatic carbocycles. The number of hydrogen-bond donors (Lipinski definition) is 7. The summed E-state index contributed by atoms with van der Waals surface area (Å²) in [6.07, 6.45) is 0.00216. The van der Waals surface area contributed by atoms with E-state index in [0.29, 0.717) is 5.91 Å². The topological polar surface area (TPSA) is 188 Å². The number of ether oxygens (including phenoxy) is 1. The molecule has 148 valence electrons. The number of aliphatic hydroxyl groups is 4. The minimum Gasteiger partial charge on any atom is -1.00 e. The van der Waals surface area contributed by atoms with Gasteiger partial charge in [-0.3, -0.25) is 4.79 Å². The van der Waals surface area contributed by atoms with E-state index in [9.17, 15) is 4.79 Å². The molecule has 0 bridgehead atoms. The Balaban J connectivity index is -0.000000143. The van der Waals surface area contributed by atoms with Crippen LogP contribution in [0.25, 0.3) is 0 Å². The standard InChI is InChI=1S/C6H11NO.C6H14O5.Na.H3O4P.H/c1-2-7-5-3-4-6(7)8;7-1-5(9)3-11-4-6(10)2-8;;1-5(2,3)4;/h2-5H2,1H3;5-10H,1-4H2;;(H3,1,2,3,4);/q;;+1;;-1. The number of aliphatic hydroxyl groups excluding tert-OH is 4. The summed E-state index contributed by atoms with van der Waals surface area (Å²) in [7, 11) is -4.64. The minimum atomic E-state index is -4.64. The molecule has 1 fully saturated rings. The van der Waals surface area contributed by atoms with E-state index in [0.717, 1.165) is 25.9 Å². The maximum absolute atomic E-state index is 10.7. The van der Waals surface area contributed by atoms with E-state index < -0.39 is 20.0 Å². The van der Waals surface area contributed by atoms with Crippen molar-refractivity contribution in [3.63, 3.8) is 0 Å². The maximum Gasteiger partial charge on any atom is 1.00 e. The van der Waals surface area contributed by atoms with Crippen LogP contribution in [0.4, 0.5) is 0 Å². The molecule has 0 spiro atoms. The van der Waals surface area contributed by atoms with Crippen LogP contribution in [0.15, 0.2) is 0 Å². The van der Waals surface area contributed by atoms with Crippen molar-refractivity contribution < 1.29 is 80.2 Å². The Bertz CT molecular complexity index is 358. The Labute approximate surface area is 170 Å². The molecule has 2 unspecified atom stereocenters. The molecule has 1 rings (SSSR count). The fourth-order valence-electron chi connectivity index (χ4n) is 1.48. The zero-order chi connectivity index (χ0) is 19.2. The van der Waals surface area contributed by atoms with E-state index in [-0.39, 0.29) is 57.4 Å². The zero-order valence-electron chi connectivity index (χ0n) is 15.6. The first-order valence-electron chi connectivity index (χ1n) is 7.26. The van der Waals surface area contributed by atoms with E-state index in [4.69, 9.17) is 44.4 Å². The number of rotatable bonds is 7. The van der Waals surface area contributed by atoms with Gasteiger partial charge in [0.05, 0.1) is 26.4 Å². The molecule has 25 heavy (non-hydrogen) atoms. The molecule has 11 nitrogen and oxygen atoms in total. The van der Waals surface area contributed by atoms with Crippen LogP contribution in [0.1, 0.15) is 21.2 Å². The van der Waals surface area contributed by atoms with Crippen LogP contribution in [0.5, 0.6) is 0 Å². The third-order valence-electron chi connectivity index (χ3n) is 2.60. The fourth-order valence-corrected chi connectivity index (χ4v) is 1.48. The number of carbonyl (C=O) groups is 1. The Morgan fingerprint density at radius 1 is 1.16 bits per heavy atom. The number of likely N-dealkylation sites (tertiary alicyclic amines) is 1. The summed E-state index contributed by atoms with van der Waals surface area (Å²) in [6.45, 7) is 3.09. The van der Waals surface area contributed by atoms with Crippen molar-refractivity contribution in [2.24, 2.45) is 0 Å². The molecule has 0 saturated carbocycles. The van der Waals surface area contributed by atoms with Crippen LogP contribution >= 0.6 is 7.82 Å². The van der Waals surface area contributed by atoms with E-state index in [2.05, 4.69) is 0 Å². The Morgan fingerprint density at radius 3 is 1.76 bits per heavy atom. The number of nitrogens with zero attached hydrogens (tertiary/aromatic N) is 1. The SMILES string of the molecule is CCN1CCCC1=O.O=P(O)(O)O.OCC(O)COCC(O)CO.[H-].[Na+]. The van der Waals surface area contributed by atoms with Gasteiger partial charge in [0.2, 0.25) is 5.91 Å². The van der Waals surface area contributed by atoms with E-state index >= 15 is 0 Å². The molecule has 7 N–H and O–H groups in total. The third kappa shape index (κ3) is 24.4. The summed E-state index contributed by atoms with van der Waals surface area (Å²) < 4.78 is 13.6. The molecule has 2 atom stereocenters. The van der Waals surface area contributed by atoms with Gasteiger partial charge in [0.25, 0.3) is 0 Å². The fraction of sp³-hybridized carbons (Fsp3) is 0.917. The van der Waals surface area contributed by atoms with Crippen LogP contribution in [0.2, 0.25) is 0 Å². The van der Waals surface area contributed by atoms with Crippen molar-refractivity contribution in [2.75, 3.05) is 39.5 Å². The monoisotopic (exact) mass is 401 g/mol. The molecule has 0 aromatic heterocycles. The number of hydrogen-bond acceptors (Lipinski definition) is 7.